The number of hydrogen-bond donors (Lipinski definition) is 0. The molecule has 2 unspecified atom stereocenters. The number of hydrogen-bond acceptors (Lipinski definition) is 1. The molecule has 4 bridgehead atoms. The molecular weight excluding hydrogens is 639 g/mol. The first-order valence-electron chi connectivity index (χ1n) is 18.8. The fourth-order valence-corrected chi connectivity index (χ4v) is 9.04. The molecule has 2 atom stereocenters. The maximum Gasteiger partial charge on any atom is 0.0788 e. The van der Waals surface area contributed by atoms with Gasteiger partial charge in [-0.25, -0.2) is 4.98 Å². The van der Waals surface area contributed by atoms with E-state index in [0.717, 1.165) is 28.6 Å². The SMILES string of the molecule is C=C/C=C(\C=C(/C)C1=CC=C2C=CC3=C(C)C=CC(=CC=C1C2)C3C)c1nc2ccccc2c2cc3c(cc12)-c1ccccc1C3(C)c1ccccc1. The number of fused-ring (bicyclic) bond motifs is 10. The Labute approximate surface area is 313 Å². The highest BCUT2D eigenvalue weighted by atomic mass is 14.7. The van der Waals surface area contributed by atoms with Crippen LogP contribution in [0, 0.1) is 5.92 Å². The van der Waals surface area contributed by atoms with Crippen LogP contribution in [0.4, 0.5) is 0 Å². The van der Waals surface area contributed by atoms with Gasteiger partial charge in [0.15, 0.2) is 0 Å². The zero-order valence-corrected chi connectivity index (χ0v) is 30.9. The summed E-state index contributed by atoms with van der Waals surface area (Å²) in [5, 5.41) is 3.53. The Kier molecular flexibility index (Phi) is 7.97. The van der Waals surface area contributed by atoms with Gasteiger partial charge < -0.3 is 0 Å². The maximum atomic E-state index is 5.42. The number of nitrogens with zero attached hydrogens (tertiary/aromatic N) is 1. The molecule has 4 aromatic carbocycles. The highest BCUT2D eigenvalue weighted by Gasteiger charge is 2.41. The van der Waals surface area contributed by atoms with Gasteiger partial charge in [-0.15, -0.1) is 0 Å². The van der Waals surface area contributed by atoms with Crippen LogP contribution in [0.25, 0.3) is 38.4 Å². The molecule has 53 heavy (non-hydrogen) atoms. The molecule has 256 valence electrons. The summed E-state index contributed by atoms with van der Waals surface area (Å²) >= 11 is 0. The van der Waals surface area contributed by atoms with E-state index in [1.807, 2.05) is 6.08 Å². The lowest BCUT2D eigenvalue weighted by Crippen LogP contribution is -2.22. The van der Waals surface area contributed by atoms with E-state index in [0.29, 0.717) is 5.92 Å². The van der Waals surface area contributed by atoms with E-state index < -0.39 is 0 Å². The zero-order valence-electron chi connectivity index (χ0n) is 30.9. The van der Waals surface area contributed by atoms with E-state index in [2.05, 4.69) is 186 Å². The Bertz CT molecular complexity index is 2680. The molecule has 1 aromatic heterocycles. The fourth-order valence-electron chi connectivity index (χ4n) is 9.04. The molecular formula is C52H43N. The number of rotatable bonds is 5. The molecule has 4 aliphatic rings. The summed E-state index contributed by atoms with van der Waals surface area (Å²) in [4.78, 5) is 5.42. The van der Waals surface area contributed by atoms with Gasteiger partial charge >= 0.3 is 0 Å². The van der Waals surface area contributed by atoms with Crippen molar-refractivity contribution in [3.63, 3.8) is 0 Å². The van der Waals surface area contributed by atoms with Crippen LogP contribution in [0.15, 0.2) is 203 Å². The van der Waals surface area contributed by atoms with Crippen molar-refractivity contribution >= 4 is 27.2 Å². The van der Waals surface area contributed by atoms with Crippen LogP contribution in [0.5, 0.6) is 0 Å². The van der Waals surface area contributed by atoms with Crippen LogP contribution in [0.3, 0.4) is 0 Å². The lowest BCUT2D eigenvalue weighted by atomic mass is 9.74. The van der Waals surface area contributed by atoms with Gasteiger partial charge in [0.25, 0.3) is 0 Å². The Balaban J connectivity index is 1.23. The van der Waals surface area contributed by atoms with Gasteiger partial charge in [-0.05, 0) is 124 Å². The minimum absolute atomic E-state index is 0.280. The zero-order chi connectivity index (χ0) is 36.3. The van der Waals surface area contributed by atoms with E-state index >= 15 is 0 Å². The molecule has 9 rings (SSSR count). The van der Waals surface area contributed by atoms with Gasteiger partial charge in [0.2, 0.25) is 0 Å². The average Bonchev–Trinajstić information content (AvgIpc) is 3.44. The molecule has 0 fully saturated rings. The van der Waals surface area contributed by atoms with Crippen molar-refractivity contribution in [1.29, 1.82) is 0 Å². The van der Waals surface area contributed by atoms with E-state index in [4.69, 9.17) is 4.98 Å². The molecule has 1 nitrogen and oxygen atoms in total. The van der Waals surface area contributed by atoms with Crippen molar-refractivity contribution in [2.75, 3.05) is 0 Å². The minimum atomic E-state index is -0.280. The van der Waals surface area contributed by atoms with Crippen LogP contribution in [-0.4, -0.2) is 4.98 Å². The molecule has 5 aromatic rings. The second kappa shape index (κ2) is 12.9. The first kappa shape index (κ1) is 32.8. The predicted molar refractivity (Wildman–Crippen MR) is 226 cm³/mol. The standard InChI is InChI=1S/C52H43N/c1-6-14-39(29-34(3)42-28-23-36-22-27-41-33(2)21-24-37(35(41)4)25-26-38(42)30-36)51-47-31-46-43-17-10-12-19-48(43)52(5,40-15-8-7-9-16-40)49(46)32-45(47)44-18-11-13-20-50(44)53-51/h6-29,31-32,35H,1,30H2,2-5H3/b26-25?,27-22?,34-29+,36-22?,37-25?,38-26?,39-14+,41-27?. The highest BCUT2D eigenvalue weighted by Crippen LogP contribution is 2.54. The number of benzene rings is 4. The molecule has 0 N–H and O–H groups in total. The molecule has 1 heteroatoms. The third kappa shape index (κ3) is 5.34. The van der Waals surface area contributed by atoms with Crippen LogP contribution in [-0.2, 0) is 5.41 Å². The van der Waals surface area contributed by atoms with Crippen molar-refractivity contribution in [1.82, 2.24) is 4.98 Å². The molecule has 4 aliphatic carbocycles. The van der Waals surface area contributed by atoms with E-state index in [9.17, 15) is 0 Å². The molecule has 0 radical (unpaired) electrons. The summed E-state index contributed by atoms with van der Waals surface area (Å²) in [6, 6.07) is 33.3. The molecule has 1 heterocycles. The predicted octanol–water partition coefficient (Wildman–Crippen LogP) is 13.4. The fraction of sp³-hybridized carbons (Fsp3) is 0.135. The summed E-state index contributed by atoms with van der Waals surface area (Å²) < 4.78 is 0. The van der Waals surface area contributed by atoms with Gasteiger partial charge in [-0.1, -0.05) is 147 Å². The van der Waals surface area contributed by atoms with Crippen molar-refractivity contribution in [2.24, 2.45) is 5.92 Å². The topological polar surface area (TPSA) is 12.9 Å². The number of allylic oxidation sites excluding steroid dienone is 19. The first-order valence-corrected chi connectivity index (χ1v) is 18.8. The first-order chi connectivity index (χ1) is 25.8. The van der Waals surface area contributed by atoms with Crippen LogP contribution < -0.4 is 0 Å². The molecule has 0 amide bonds. The largest absolute Gasteiger partial charge is 0.247 e. The minimum Gasteiger partial charge on any atom is -0.247 e. The highest BCUT2D eigenvalue weighted by molar-refractivity contribution is 6.12. The van der Waals surface area contributed by atoms with Crippen LogP contribution in [0.2, 0.25) is 0 Å². The van der Waals surface area contributed by atoms with Crippen molar-refractivity contribution in [3.8, 4) is 11.1 Å². The Morgan fingerprint density at radius 2 is 1.57 bits per heavy atom. The summed E-state index contributed by atoms with van der Waals surface area (Å²) in [5.74, 6) is 0.366. The lowest BCUT2D eigenvalue weighted by molar-refractivity contribution is 0.715. The summed E-state index contributed by atoms with van der Waals surface area (Å²) in [6.45, 7) is 13.3. The normalized spacial score (nSPS) is 20.8. The molecule has 0 spiro atoms. The van der Waals surface area contributed by atoms with Gasteiger partial charge in [-0.3, -0.25) is 0 Å². The van der Waals surface area contributed by atoms with Crippen LogP contribution in [0.1, 0.15) is 56.5 Å². The van der Waals surface area contributed by atoms with Crippen LogP contribution >= 0.6 is 0 Å². The Morgan fingerprint density at radius 3 is 2.42 bits per heavy atom. The van der Waals surface area contributed by atoms with Crippen molar-refractivity contribution in [2.45, 2.75) is 39.5 Å². The third-order valence-corrected chi connectivity index (χ3v) is 12.0. The second-order valence-electron chi connectivity index (χ2n) is 15.0. The number of para-hydroxylation sites is 1. The summed E-state index contributed by atoms with van der Waals surface area (Å²) in [7, 11) is 0. The Hall–Kier alpha value is -6.05. The third-order valence-electron chi connectivity index (χ3n) is 12.0. The maximum absolute atomic E-state index is 5.42. The Morgan fingerprint density at radius 1 is 0.774 bits per heavy atom. The average molecular weight is 682 g/mol. The molecule has 0 saturated carbocycles. The van der Waals surface area contributed by atoms with Gasteiger partial charge in [0.05, 0.1) is 11.2 Å². The quantitative estimate of drug-likeness (QED) is 0.133. The second-order valence-corrected chi connectivity index (χ2v) is 15.0. The van der Waals surface area contributed by atoms with Crippen molar-refractivity contribution < 1.29 is 0 Å². The monoisotopic (exact) mass is 681 g/mol. The van der Waals surface area contributed by atoms with E-state index in [1.54, 1.807) is 0 Å². The summed E-state index contributed by atoms with van der Waals surface area (Å²) in [5.41, 5.74) is 18.5. The lowest BCUT2D eigenvalue weighted by Gasteiger charge is -2.28. The number of pyridine rings is 1. The van der Waals surface area contributed by atoms with E-state index in [1.165, 1.54) is 77.6 Å². The summed E-state index contributed by atoms with van der Waals surface area (Å²) in [6.07, 6.45) is 25.6. The van der Waals surface area contributed by atoms with E-state index in [-0.39, 0.29) is 5.41 Å². The van der Waals surface area contributed by atoms with Crippen molar-refractivity contribution in [3.05, 3.63) is 226 Å². The molecule has 0 saturated heterocycles. The van der Waals surface area contributed by atoms with Gasteiger partial charge in [0, 0.05) is 27.7 Å². The van der Waals surface area contributed by atoms with Gasteiger partial charge in [-0.2, -0.15) is 0 Å². The number of aromatic nitrogens is 1. The molecule has 0 aliphatic heterocycles. The smallest absolute Gasteiger partial charge is 0.0788 e. The van der Waals surface area contributed by atoms with Gasteiger partial charge in [0.1, 0.15) is 0 Å².